The maximum Gasteiger partial charge on any atom is 0.222 e. The minimum atomic E-state index is 0.143. The zero-order valence-corrected chi connectivity index (χ0v) is 13.2. The SMILES string of the molecule is CCC(=O)N(CC)Cc1nccn1Cc1ccccc1Cl. The molecule has 2 aromatic rings. The second-order valence-corrected chi connectivity index (χ2v) is 5.23. The van der Waals surface area contributed by atoms with E-state index in [-0.39, 0.29) is 5.91 Å². The van der Waals surface area contributed by atoms with Crippen molar-refractivity contribution in [2.24, 2.45) is 0 Å². The van der Waals surface area contributed by atoms with Crippen LogP contribution in [0.2, 0.25) is 5.02 Å². The van der Waals surface area contributed by atoms with Crippen molar-refractivity contribution in [3.8, 4) is 0 Å². The quantitative estimate of drug-likeness (QED) is 0.821. The molecule has 21 heavy (non-hydrogen) atoms. The maximum atomic E-state index is 11.9. The molecule has 0 radical (unpaired) electrons. The number of rotatable bonds is 6. The van der Waals surface area contributed by atoms with E-state index in [2.05, 4.69) is 4.98 Å². The molecule has 0 atom stereocenters. The van der Waals surface area contributed by atoms with Crippen molar-refractivity contribution in [1.29, 1.82) is 0 Å². The van der Waals surface area contributed by atoms with Gasteiger partial charge in [-0.15, -0.1) is 0 Å². The van der Waals surface area contributed by atoms with Crippen molar-refractivity contribution in [2.45, 2.75) is 33.4 Å². The molecular formula is C16H20ClN3O. The van der Waals surface area contributed by atoms with Gasteiger partial charge in [0.25, 0.3) is 0 Å². The molecule has 0 aliphatic carbocycles. The van der Waals surface area contributed by atoms with Gasteiger partial charge in [0, 0.05) is 30.4 Å². The average molecular weight is 306 g/mol. The Morgan fingerprint density at radius 3 is 2.76 bits per heavy atom. The number of hydrogen-bond donors (Lipinski definition) is 0. The Hall–Kier alpha value is -1.81. The van der Waals surface area contributed by atoms with E-state index in [0.29, 0.717) is 26.1 Å². The fourth-order valence-electron chi connectivity index (χ4n) is 2.22. The van der Waals surface area contributed by atoms with Crippen molar-refractivity contribution < 1.29 is 4.79 Å². The summed E-state index contributed by atoms with van der Waals surface area (Å²) in [7, 11) is 0. The van der Waals surface area contributed by atoms with E-state index < -0.39 is 0 Å². The van der Waals surface area contributed by atoms with Crippen LogP contribution in [0, 0.1) is 0 Å². The normalized spacial score (nSPS) is 10.6. The smallest absolute Gasteiger partial charge is 0.222 e. The summed E-state index contributed by atoms with van der Waals surface area (Å²) in [6.45, 7) is 5.73. The van der Waals surface area contributed by atoms with Gasteiger partial charge in [-0.1, -0.05) is 36.7 Å². The van der Waals surface area contributed by atoms with Gasteiger partial charge in [-0.2, -0.15) is 0 Å². The summed E-state index contributed by atoms with van der Waals surface area (Å²) in [5.41, 5.74) is 1.04. The summed E-state index contributed by atoms with van der Waals surface area (Å²) in [5, 5.41) is 0.745. The van der Waals surface area contributed by atoms with Crippen LogP contribution in [0.3, 0.4) is 0 Å². The molecule has 1 aromatic carbocycles. The maximum absolute atomic E-state index is 11.9. The first-order chi connectivity index (χ1) is 10.2. The molecule has 1 amide bonds. The van der Waals surface area contributed by atoms with Gasteiger partial charge in [-0.05, 0) is 18.6 Å². The van der Waals surface area contributed by atoms with Crippen LogP contribution < -0.4 is 0 Å². The van der Waals surface area contributed by atoms with Crippen LogP contribution in [-0.4, -0.2) is 26.9 Å². The van der Waals surface area contributed by atoms with E-state index in [9.17, 15) is 4.79 Å². The molecule has 0 unspecified atom stereocenters. The zero-order chi connectivity index (χ0) is 15.2. The number of imidazole rings is 1. The molecule has 0 bridgehead atoms. The average Bonchev–Trinajstić information content (AvgIpc) is 2.93. The Labute approximate surface area is 130 Å². The summed E-state index contributed by atoms with van der Waals surface area (Å²) < 4.78 is 2.03. The van der Waals surface area contributed by atoms with Crippen LogP contribution in [0.4, 0.5) is 0 Å². The van der Waals surface area contributed by atoms with Gasteiger partial charge in [0.2, 0.25) is 5.91 Å². The third kappa shape index (κ3) is 3.85. The largest absolute Gasteiger partial charge is 0.336 e. The van der Waals surface area contributed by atoms with E-state index in [1.807, 2.05) is 53.8 Å². The Morgan fingerprint density at radius 2 is 2.10 bits per heavy atom. The van der Waals surface area contributed by atoms with Crippen molar-refractivity contribution >= 4 is 17.5 Å². The summed E-state index contributed by atoms with van der Waals surface area (Å²) in [6, 6.07) is 7.77. The Morgan fingerprint density at radius 1 is 1.33 bits per heavy atom. The first kappa shape index (κ1) is 15.6. The summed E-state index contributed by atoms with van der Waals surface area (Å²) in [6.07, 6.45) is 4.19. The fourth-order valence-corrected chi connectivity index (χ4v) is 2.41. The molecule has 4 nitrogen and oxygen atoms in total. The van der Waals surface area contributed by atoms with Crippen molar-refractivity contribution in [3.05, 3.63) is 53.1 Å². The van der Waals surface area contributed by atoms with E-state index in [0.717, 1.165) is 16.4 Å². The number of nitrogens with zero attached hydrogens (tertiary/aromatic N) is 3. The topological polar surface area (TPSA) is 38.1 Å². The molecule has 5 heteroatoms. The molecule has 0 aliphatic rings. The standard InChI is InChI=1S/C16H20ClN3O/c1-3-16(21)19(4-2)12-15-18-9-10-20(15)11-13-7-5-6-8-14(13)17/h5-10H,3-4,11-12H2,1-2H3. The first-order valence-electron chi connectivity index (χ1n) is 7.16. The molecule has 112 valence electrons. The number of carbonyl (C=O) groups excluding carboxylic acids is 1. The molecule has 0 saturated carbocycles. The predicted molar refractivity (Wildman–Crippen MR) is 84.2 cm³/mol. The van der Waals surface area contributed by atoms with Gasteiger partial charge in [0.1, 0.15) is 5.82 Å². The highest BCUT2D eigenvalue weighted by molar-refractivity contribution is 6.31. The van der Waals surface area contributed by atoms with Crippen molar-refractivity contribution in [3.63, 3.8) is 0 Å². The summed E-state index contributed by atoms with van der Waals surface area (Å²) in [5.74, 6) is 1.02. The van der Waals surface area contributed by atoms with Gasteiger partial charge >= 0.3 is 0 Å². The van der Waals surface area contributed by atoms with Gasteiger partial charge in [0.05, 0.1) is 13.1 Å². The minimum Gasteiger partial charge on any atom is -0.336 e. The number of carbonyl (C=O) groups is 1. The number of aromatic nitrogens is 2. The lowest BCUT2D eigenvalue weighted by molar-refractivity contribution is -0.131. The van der Waals surface area contributed by atoms with E-state index in [1.54, 1.807) is 6.20 Å². The molecule has 0 N–H and O–H groups in total. The second-order valence-electron chi connectivity index (χ2n) is 4.82. The lowest BCUT2D eigenvalue weighted by atomic mass is 10.2. The molecule has 1 aromatic heterocycles. The molecule has 0 aliphatic heterocycles. The third-order valence-electron chi connectivity index (χ3n) is 3.47. The first-order valence-corrected chi connectivity index (χ1v) is 7.54. The van der Waals surface area contributed by atoms with Crippen LogP contribution >= 0.6 is 11.6 Å². The Bertz CT molecular complexity index is 609. The van der Waals surface area contributed by atoms with Gasteiger partial charge in [-0.3, -0.25) is 4.79 Å². The highest BCUT2D eigenvalue weighted by Crippen LogP contribution is 2.17. The van der Waals surface area contributed by atoms with E-state index in [1.165, 1.54) is 0 Å². The minimum absolute atomic E-state index is 0.143. The monoisotopic (exact) mass is 305 g/mol. The van der Waals surface area contributed by atoms with Gasteiger partial charge in [0.15, 0.2) is 0 Å². The van der Waals surface area contributed by atoms with Crippen molar-refractivity contribution in [1.82, 2.24) is 14.5 Å². The number of hydrogen-bond acceptors (Lipinski definition) is 2. The van der Waals surface area contributed by atoms with E-state index in [4.69, 9.17) is 11.6 Å². The highest BCUT2D eigenvalue weighted by atomic mass is 35.5. The van der Waals surface area contributed by atoms with Crippen LogP contribution in [0.1, 0.15) is 31.7 Å². The second kappa shape index (κ2) is 7.27. The number of benzene rings is 1. The highest BCUT2D eigenvalue weighted by Gasteiger charge is 2.13. The van der Waals surface area contributed by atoms with Crippen LogP contribution in [0.25, 0.3) is 0 Å². The van der Waals surface area contributed by atoms with Gasteiger partial charge < -0.3 is 9.47 Å². The summed E-state index contributed by atoms with van der Waals surface area (Å²) in [4.78, 5) is 18.0. The third-order valence-corrected chi connectivity index (χ3v) is 3.84. The predicted octanol–water partition coefficient (Wildman–Crippen LogP) is 3.34. The number of halogens is 1. The number of amides is 1. The van der Waals surface area contributed by atoms with Crippen molar-refractivity contribution in [2.75, 3.05) is 6.54 Å². The molecular weight excluding hydrogens is 286 g/mol. The van der Waals surface area contributed by atoms with Crippen LogP contribution in [0.15, 0.2) is 36.7 Å². The van der Waals surface area contributed by atoms with Crippen LogP contribution in [-0.2, 0) is 17.9 Å². The molecule has 2 rings (SSSR count). The molecule has 0 spiro atoms. The fraction of sp³-hybridized carbons (Fsp3) is 0.375. The lowest BCUT2D eigenvalue weighted by Crippen LogP contribution is -2.30. The van der Waals surface area contributed by atoms with Crippen LogP contribution in [0.5, 0.6) is 0 Å². The molecule has 1 heterocycles. The zero-order valence-electron chi connectivity index (χ0n) is 12.4. The lowest BCUT2D eigenvalue weighted by Gasteiger charge is -2.20. The van der Waals surface area contributed by atoms with E-state index >= 15 is 0 Å². The molecule has 0 fully saturated rings. The summed E-state index contributed by atoms with van der Waals surface area (Å²) >= 11 is 6.20. The van der Waals surface area contributed by atoms with Gasteiger partial charge in [-0.25, -0.2) is 4.98 Å². The molecule has 0 saturated heterocycles. The Balaban J connectivity index is 2.15. The Kier molecular flexibility index (Phi) is 5.39.